The lowest BCUT2D eigenvalue weighted by Gasteiger charge is -2.20. The summed E-state index contributed by atoms with van der Waals surface area (Å²) >= 11 is 0. The molecule has 3 nitrogen and oxygen atoms in total. The van der Waals surface area contributed by atoms with Crippen LogP contribution in [-0.2, 0) is 6.42 Å². The van der Waals surface area contributed by atoms with Crippen LogP contribution >= 0.6 is 0 Å². The summed E-state index contributed by atoms with van der Waals surface area (Å²) in [5.41, 5.74) is 2.22. The van der Waals surface area contributed by atoms with E-state index in [-0.39, 0.29) is 5.56 Å². The van der Waals surface area contributed by atoms with Gasteiger partial charge in [0.05, 0.1) is 17.4 Å². The zero-order chi connectivity index (χ0) is 14.7. The van der Waals surface area contributed by atoms with Gasteiger partial charge in [0.15, 0.2) is 0 Å². The molecule has 1 aromatic carbocycles. The van der Waals surface area contributed by atoms with Gasteiger partial charge in [0.2, 0.25) is 0 Å². The Bertz CT molecular complexity index is 594. The molecule has 1 N–H and O–H groups in total. The highest BCUT2D eigenvalue weighted by molar-refractivity contribution is 5.36. The van der Waals surface area contributed by atoms with Crippen molar-refractivity contribution in [1.82, 2.24) is 15.5 Å². The third-order valence-electron chi connectivity index (χ3n) is 3.25. The van der Waals surface area contributed by atoms with E-state index in [0.717, 1.165) is 11.3 Å². The molecule has 1 heterocycles. The lowest BCUT2D eigenvalue weighted by atomic mass is 9.95. The molecule has 20 heavy (non-hydrogen) atoms. The molecule has 0 fully saturated rings. The number of hydrogen-bond donors (Lipinski definition) is 1. The molecule has 2 rings (SSSR count). The highest BCUT2D eigenvalue weighted by atomic mass is 19.1. The first-order valence-corrected chi connectivity index (χ1v) is 6.52. The number of nitrogens with one attached hydrogen (secondary N) is 1. The molecule has 0 spiro atoms. The molecule has 0 bridgehead atoms. The third kappa shape index (κ3) is 2.67. The third-order valence-corrected chi connectivity index (χ3v) is 3.25. The molecule has 0 amide bonds. The fourth-order valence-corrected chi connectivity index (χ4v) is 2.30. The van der Waals surface area contributed by atoms with E-state index in [0.29, 0.717) is 12.1 Å². The number of aryl methyl sites for hydroxylation is 2. The minimum absolute atomic E-state index is 0.0112. The summed E-state index contributed by atoms with van der Waals surface area (Å²) in [6, 6.07) is 5.11. The van der Waals surface area contributed by atoms with Crippen molar-refractivity contribution in [2.75, 3.05) is 7.05 Å². The maximum Gasteiger partial charge on any atom is 0.131 e. The van der Waals surface area contributed by atoms with E-state index in [1.807, 2.05) is 13.0 Å². The molecule has 5 heteroatoms. The van der Waals surface area contributed by atoms with Gasteiger partial charge in [0, 0.05) is 5.56 Å². The Morgan fingerprint density at radius 1 is 1.20 bits per heavy atom. The summed E-state index contributed by atoms with van der Waals surface area (Å²) in [5.74, 6) is -1.14. The standard InChI is InChI=1S/C15H17F2N3/c1-4-13-10(8-9(2)19-20-13)15(18-3)14-11(16)6-5-7-12(14)17/h5-8,15,18H,4H2,1-3H3. The smallest absolute Gasteiger partial charge is 0.131 e. The van der Waals surface area contributed by atoms with Crippen LogP contribution in [-0.4, -0.2) is 17.2 Å². The summed E-state index contributed by atoms with van der Waals surface area (Å²) < 4.78 is 28.0. The topological polar surface area (TPSA) is 37.8 Å². The van der Waals surface area contributed by atoms with Crippen molar-refractivity contribution in [2.45, 2.75) is 26.3 Å². The average Bonchev–Trinajstić information content (AvgIpc) is 2.43. The van der Waals surface area contributed by atoms with Crippen LogP contribution in [0, 0.1) is 18.6 Å². The van der Waals surface area contributed by atoms with E-state index < -0.39 is 17.7 Å². The van der Waals surface area contributed by atoms with E-state index in [9.17, 15) is 8.78 Å². The van der Waals surface area contributed by atoms with Gasteiger partial charge in [-0.25, -0.2) is 8.78 Å². The fraction of sp³-hybridized carbons (Fsp3) is 0.333. The van der Waals surface area contributed by atoms with Crippen LogP contribution in [0.5, 0.6) is 0 Å². The largest absolute Gasteiger partial charge is 0.309 e. The number of benzene rings is 1. The molecule has 1 aromatic heterocycles. The summed E-state index contributed by atoms with van der Waals surface area (Å²) in [7, 11) is 1.67. The van der Waals surface area contributed by atoms with Gasteiger partial charge < -0.3 is 5.32 Å². The Hall–Kier alpha value is -1.88. The predicted molar refractivity (Wildman–Crippen MR) is 73.4 cm³/mol. The zero-order valence-corrected chi connectivity index (χ0v) is 11.7. The second-order valence-electron chi connectivity index (χ2n) is 4.60. The minimum Gasteiger partial charge on any atom is -0.309 e. The fourth-order valence-electron chi connectivity index (χ4n) is 2.30. The molecule has 1 atom stereocenters. The maximum atomic E-state index is 14.0. The van der Waals surface area contributed by atoms with Crippen molar-refractivity contribution in [2.24, 2.45) is 0 Å². The molecule has 0 aliphatic heterocycles. The lowest BCUT2D eigenvalue weighted by Crippen LogP contribution is -2.22. The van der Waals surface area contributed by atoms with E-state index in [1.165, 1.54) is 18.2 Å². The van der Waals surface area contributed by atoms with E-state index >= 15 is 0 Å². The van der Waals surface area contributed by atoms with E-state index in [2.05, 4.69) is 15.5 Å². The second-order valence-corrected chi connectivity index (χ2v) is 4.60. The predicted octanol–water partition coefficient (Wildman–Crippen LogP) is 2.93. The van der Waals surface area contributed by atoms with Gasteiger partial charge in [-0.05, 0) is 44.2 Å². The van der Waals surface area contributed by atoms with Crippen LogP contribution in [0.25, 0.3) is 0 Å². The monoisotopic (exact) mass is 277 g/mol. The molecule has 0 saturated heterocycles. The summed E-state index contributed by atoms with van der Waals surface area (Å²) in [6.07, 6.45) is 0.650. The van der Waals surface area contributed by atoms with Crippen LogP contribution < -0.4 is 5.32 Å². The zero-order valence-electron chi connectivity index (χ0n) is 11.7. The minimum atomic E-state index is -0.583. The van der Waals surface area contributed by atoms with Crippen molar-refractivity contribution in [3.8, 4) is 0 Å². The Morgan fingerprint density at radius 3 is 2.40 bits per heavy atom. The molecular formula is C15H17F2N3. The maximum absolute atomic E-state index is 14.0. The van der Waals surface area contributed by atoms with Crippen LogP contribution in [0.2, 0.25) is 0 Å². The number of rotatable bonds is 4. The molecule has 0 radical (unpaired) electrons. The first-order chi connectivity index (χ1) is 9.58. The molecule has 0 saturated carbocycles. The van der Waals surface area contributed by atoms with Gasteiger partial charge in [-0.1, -0.05) is 13.0 Å². The van der Waals surface area contributed by atoms with Gasteiger partial charge in [-0.2, -0.15) is 10.2 Å². The van der Waals surface area contributed by atoms with E-state index in [4.69, 9.17) is 0 Å². The number of nitrogens with zero attached hydrogens (tertiary/aromatic N) is 2. The quantitative estimate of drug-likeness (QED) is 0.933. The second kappa shape index (κ2) is 6.05. The van der Waals surface area contributed by atoms with Crippen LogP contribution in [0.1, 0.15) is 35.5 Å². The Morgan fingerprint density at radius 2 is 1.85 bits per heavy atom. The molecule has 1 unspecified atom stereocenters. The van der Waals surface area contributed by atoms with Crippen LogP contribution in [0.3, 0.4) is 0 Å². The van der Waals surface area contributed by atoms with Crippen LogP contribution in [0.15, 0.2) is 24.3 Å². The molecule has 2 aromatic rings. The van der Waals surface area contributed by atoms with Crippen molar-refractivity contribution >= 4 is 0 Å². The number of aromatic nitrogens is 2. The molecule has 0 aliphatic carbocycles. The SMILES string of the molecule is CCc1nnc(C)cc1C(NC)c1c(F)cccc1F. The van der Waals surface area contributed by atoms with Crippen molar-refractivity contribution in [1.29, 1.82) is 0 Å². The normalized spacial score (nSPS) is 12.4. The summed E-state index contributed by atoms with van der Waals surface area (Å²) in [6.45, 7) is 3.74. The molecule has 106 valence electrons. The van der Waals surface area contributed by atoms with Gasteiger partial charge >= 0.3 is 0 Å². The van der Waals surface area contributed by atoms with Crippen molar-refractivity contribution < 1.29 is 8.78 Å². The number of hydrogen-bond acceptors (Lipinski definition) is 3. The van der Waals surface area contributed by atoms with Crippen LogP contribution in [0.4, 0.5) is 8.78 Å². The Kier molecular flexibility index (Phi) is 4.39. The van der Waals surface area contributed by atoms with Gasteiger partial charge in [-0.3, -0.25) is 0 Å². The lowest BCUT2D eigenvalue weighted by molar-refractivity contribution is 0.519. The average molecular weight is 277 g/mol. The molecular weight excluding hydrogens is 260 g/mol. The highest BCUT2D eigenvalue weighted by Crippen LogP contribution is 2.28. The van der Waals surface area contributed by atoms with E-state index in [1.54, 1.807) is 14.0 Å². The first-order valence-electron chi connectivity index (χ1n) is 6.52. The van der Waals surface area contributed by atoms with Gasteiger partial charge in [0.1, 0.15) is 11.6 Å². The summed E-state index contributed by atoms with van der Waals surface area (Å²) in [4.78, 5) is 0. The van der Waals surface area contributed by atoms with Crippen molar-refractivity contribution in [3.05, 3.63) is 58.4 Å². The highest BCUT2D eigenvalue weighted by Gasteiger charge is 2.23. The Balaban J connectivity index is 2.61. The number of halogens is 2. The van der Waals surface area contributed by atoms with Gasteiger partial charge in [0.25, 0.3) is 0 Å². The Labute approximate surface area is 117 Å². The van der Waals surface area contributed by atoms with Gasteiger partial charge in [-0.15, -0.1) is 0 Å². The van der Waals surface area contributed by atoms with Crippen molar-refractivity contribution in [3.63, 3.8) is 0 Å². The summed E-state index contributed by atoms with van der Waals surface area (Å²) in [5, 5.41) is 11.1. The molecule has 0 aliphatic rings. The first kappa shape index (κ1) is 14.5.